The summed E-state index contributed by atoms with van der Waals surface area (Å²) in [5, 5.41) is 16.2. The van der Waals surface area contributed by atoms with Crippen molar-refractivity contribution in [2.24, 2.45) is 5.10 Å². The number of benzene rings is 2. The maximum absolute atomic E-state index is 12.4. The Morgan fingerprint density at radius 1 is 1.23 bits per heavy atom. The summed E-state index contributed by atoms with van der Waals surface area (Å²) in [5.41, 5.74) is 4.50. The second-order valence-electron chi connectivity index (χ2n) is 6.56. The number of hydrogen-bond acceptors (Lipinski definition) is 6. The topological polar surface area (TPSA) is 84.2 Å². The molecule has 9 heteroatoms. The zero-order chi connectivity index (χ0) is 22.1. The van der Waals surface area contributed by atoms with Gasteiger partial charge in [0, 0.05) is 15.8 Å². The van der Waals surface area contributed by atoms with Gasteiger partial charge >= 0.3 is 0 Å². The van der Waals surface area contributed by atoms with Crippen LogP contribution >= 0.6 is 34.4 Å². The lowest BCUT2D eigenvalue weighted by Crippen LogP contribution is -2.27. The molecule has 160 valence electrons. The van der Waals surface area contributed by atoms with Gasteiger partial charge in [-0.3, -0.25) is 4.79 Å². The van der Waals surface area contributed by atoms with Crippen LogP contribution < -0.4 is 10.7 Å². The minimum Gasteiger partial charge on any atom is -0.378 e. The molecule has 2 N–H and O–H groups in total. The van der Waals surface area contributed by atoms with Crippen molar-refractivity contribution < 1.29 is 4.79 Å². The van der Waals surface area contributed by atoms with E-state index in [9.17, 15) is 4.79 Å². The number of halogens is 1. The molecule has 0 aliphatic heterocycles. The first-order valence-electron chi connectivity index (χ1n) is 9.64. The average Bonchev–Trinajstić information content (AvgIpc) is 3.15. The van der Waals surface area contributed by atoms with E-state index in [4.69, 9.17) is 0 Å². The molecular weight excluding hydrogens is 523 g/mol. The highest BCUT2D eigenvalue weighted by Crippen LogP contribution is 2.23. The smallest absolute Gasteiger partial charge is 0.253 e. The van der Waals surface area contributed by atoms with Crippen LogP contribution in [0.5, 0.6) is 0 Å². The summed E-state index contributed by atoms with van der Waals surface area (Å²) in [6.45, 7) is 6.71. The molecule has 3 aromatic rings. The van der Waals surface area contributed by atoms with Crippen molar-refractivity contribution >= 4 is 52.2 Å². The van der Waals surface area contributed by atoms with Gasteiger partial charge in [-0.1, -0.05) is 48.2 Å². The van der Waals surface area contributed by atoms with Gasteiger partial charge in [0.25, 0.3) is 5.91 Å². The first-order valence-corrected chi connectivity index (χ1v) is 11.6. The third-order valence-electron chi connectivity index (χ3n) is 4.24. The number of aromatic nitrogens is 3. The second kappa shape index (κ2) is 11.7. The van der Waals surface area contributed by atoms with Crippen molar-refractivity contribution in [2.45, 2.75) is 30.4 Å². The van der Waals surface area contributed by atoms with Gasteiger partial charge in [0.05, 0.1) is 18.0 Å². The lowest BCUT2D eigenvalue weighted by Gasteiger charge is -2.12. The number of carbonyl (C=O) groups excluding carboxylic acids is 1. The third kappa shape index (κ3) is 6.93. The number of rotatable bonds is 10. The molecule has 0 radical (unpaired) electrons. The Bertz CT molecular complexity index is 1040. The molecule has 31 heavy (non-hydrogen) atoms. The van der Waals surface area contributed by atoms with Crippen molar-refractivity contribution in [3.63, 3.8) is 0 Å². The molecular formula is C22H23IN6OS. The molecule has 3 rings (SSSR count). The molecule has 0 bridgehead atoms. The maximum atomic E-state index is 12.4. The first kappa shape index (κ1) is 23.0. The van der Waals surface area contributed by atoms with Gasteiger partial charge in [0.2, 0.25) is 0 Å². The lowest BCUT2D eigenvalue weighted by atomic mass is 10.2. The van der Waals surface area contributed by atoms with E-state index in [-0.39, 0.29) is 5.91 Å². The van der Waals surface area contributed by atoms with Crippen LogP contribution in [0.4, 0.5) is 5.69 Å². The Hall–Kier alpha value is -2.66. The number of hydrogen-bond donors (Lipinski definition) is 2. The zero-order valence-electron chi connectivity index (χ0n) is 17.0. The number of nitrogens with zero attached hydrogens (tertiary/aromatic N) is 4. The summed E-state index contributed by atoms with van der Waals surface area (Å²) in [6.07, 6.45) is 3.40. The quantitative estimate of drug-likeness (QED) is 0.130. The van der Waals surface area contributed by atoms with E-state index < -0.39 is 5.25 Å². The Balaban J connectivity index is 1.60. The van der Waals surface area contributed by atoms with Crippen LogP contribution in [0.1, 0.15) is 18.3 Å². The zero-order valence-corrected chi connectivity index (χ0v) is 20.0. The van der Waals surface area contributed by atoms with E-state index >= 15 is 0 Å². The number of amides is 1. The molecule has 0 saturated heterocycles. The Morgan fingerprint density at radius 2 is 1.97 bits per heavy atom. The molecule has 1 amide bonds. The van der Waals surface area contributed by atoms with Gasteiger partial charge in [0.15, 0.2) is 11.0 Å². The fourth-order valence-corrected chi connectivity index (χ4v) is 3.84. The minimum atomic E-state index is -0.391. The Labute approximate surface area is 199 Å². The number of nitrogens with one attached hydrogen (secondary N) is 2. The van der Waals surface area contributed by atoms with Gasteiger partial charge < -0.3 is 9.88 Å². The molecule has 0 saturated carbocycles. The average molecular weight is 546 g/mol. The van der Waals surface area contributed by atoms with Crippen LogP contribution in [-0.2, 0) is 17.9 Å². The van der Waals surface area contributed by atoms with Crippen molar-refractivity contribution in [3.8, 4) is 0 Å². The van der Waals surface area contributed by atoms with Crippen LogP contribution in [0.3, 0.4) is 0 Å². The summed E-state index contributed by atoms with van der Waals surface area (Å²) >= 11 is 3.61. The number of hydrazone groups is 1. The molecule has 7 nitrogen and oxygen atoms in total. The van der Waals surface area contributed by atoms with E-state index in [0.29, 0.717) is 18.2 Å². The summed E-state index contributed by atoms with van der Waals surface area (Å²) in [6, 6.07) is 17.7. The molecule has 2 aromatic carbocycles. The lowest BCUT2D eigenvalue weighted by molar-refractivity contribution is -0.120. The van der Waals surface area contributed by atoms with Crippen LogP contribution in [-0.4, -0.2) is 32.1 Å². The molecule has 1 heterocycles. The maximum Gasteiger partial charge on any atom is 0.253 e. The third-order valence-corrected chi connectivity index (χ3v) is 6.04. The second-order valence-corrected chi connectivity index (χ2v) is 9.12. The monoisotopic (exact) mass is 546 g/mol. The predicted octanol–water partition coefficient (Wildman–Crippen LogP) is 4.31. The molecule has 0 fully saturated rings. The van der Waals surface area contributed by atoms with Crippen molar-refractivity contribution in [3.05, 3.63) is 82.2 Å². The summed E-state index contributed by atoms with van der Waals surface area (Å²) < 4.78 is 3.13. The van der Waals surface area contributed by atoms with Gasteiger partial charge in [-0.05, 0) is 59.3 Å². The largest absolute Gasteiger partial charge is 0.378 e. The number of carbonyl (C=O) groups is 1. The van der Waals surface area contributed by atoms with Crippen LogP contribution in [0.25, 0.3) is 0 Å². The molecule has 0 unspecified atom stereocenters. The Kier molecular flexibility index (Phi) is 8.65. The van der Waals surface area contributed by atoms with Gasteiger partial charge in [0.1, 0.15) is 0 Å². The van der Waals surface area contributed by atoms with Crippen LogP contribution in [0, 0.1) is 3.57 Å². The van der Waals surface area contributed by atoms with E-state index in [0.717, 1.165) is 17.1 Å². The van der Waals surface area contributed by atoms with E-state index in [1.165, 1.54) is 15.3 Å². The van der Waals surface area contributed by atoms with Crippen molar-refractivity contribution in [1.82, 2.24) is 20.2 Å². The number of allylic oxidation sites excluding steroid dienone is 1. The molecule has 1 atom stereocenters. The van der Waals surface area contributed by atoms with E-state index in [1.807, 2.05) is 66.1 Å². The highest BCUT2D eigenvalue weighted by atomic mass is 127. The Morgan fingerprint density at radius 3 is 2.68 bits per heavy atom. The summed E-state index contributed by atoms with van der Waals surface area (Å²) in [7, 11) is 0. The number of thioether (sulfide) groups is 1. The van der Waals surface area contributed by atoms with Crippen LogP contribution in [0.2, 0.25) is 0 Å². The highest BCUT2D eigenvalue weighted by molar-refractivity contribution is 14.1. The minimum absolute atomic E-state index is 0.205. The fourth-order valence-electron chi connectivity index (χ4n) is 2.61. The van der Waals surface area contributed by atoms with E-state index in [1.54, 1.807) is 12.3 Å². The highest BCUT2D eigenvalue weighted by Gasteiger charge is 2.19. The normalized spacial score (nSPS) is 11.9. The predicted molar refractivity (Wildman–Crippen MR) is 134 cm³/mol. The molecule has 0 spiro atoms. The molecule has 0 aliphatic carbocycles. The van der Waals surface area contributed by atoms with Gasteiger partial charge in [-0.15, -0.1) is 16.8 Å². The van der Waals surface area contributed by atoms with E-state index in [2.05, 4.69) is 55.2 Å². The first-order chi connectivity index (χ1) is 15.1. The van der Waals surface area contributed by atoms with Gasteiger partial charge in [-0.25, -0.2) is 5.43 Å². The summed E-state index contributed by atoms with van der Waals surface area (Å²) in [4.78, 5) is 12.4. The van der Waals surface area contributed by atoms with Crippen molar-refractivity contribution in [1.29, 1.82) is 0 Å². The molecule has 1 aromatic heterocycles. The SMILES string of the molecule is C=CCn1c(CNc2ccc(I)cc2)nnc1S[C@@H](C)C(=O)N/N=C\c1ccccc1. The van der Waals surface area contributed by atoms with Gasteiger partial charge in [-0.2, -0.15) is 5.10 Å². The van der Waals surface area contributed by atoms with Crippen molar-refractivity contribution in [2.75, 3.05) is 5.32 Å². The fraction of sp³-hybridized carbons (Fsp3) is 0.182. The number of anilines is 1. The molecule has 0 aliphatic rings. The standard InChI is InChI=1S/C22H23IN6OS/c1-3-13-29-20(15-24-19-11-9-18(23)10-12-19)26-28-22(29)31-16(2)21(30)27-25-14-17-7-5-4-6-8-17/h3-12,14,16,24H,1,13,15H2,2H3,(H,27,30)/b25-14-/t16-/m0/s1. The van der Waals surface area contributed by atoms with Crippen LogP contribution in [0.15, 0.2) is 77.5 Å². The summed E-state index contributed by atoms with van der Waals surface area (Å²) in [5.74, 6) is 0.569.